The van der Waals surface area contributed by atoms with Gasteiger partial charge in [0.05, 0.1) is 0 Å². The number of nitrogens with zero attached hydrogens (tertiary/aromatic N) is 2. The second kappa shape index (κ2) is 6.81. The van der Waals surface area contributed by atoms with Crippen LogP contribution in [0.15, 0.2) is 97.3 Å². The minimum atomic E-state index is -0.883. The van der Waals surface area contributed by atoms with Crippen LogP contribution < -0.4 is 0 Å². The number of benzene rings is 3. The van der Waals surface area contributed by atoms with Crippen LogP contribution in [0.4, 0.5) is 0 Å². The molecular formula is C23H19ClN2. The molecule has 0 aliphatic rings. The number of alkyl halides is 1. The first-order valence-electron chi connectivity index (χ1n) is 8.58. The van der Waals surface area contributed by atoms with Gasteiger partial charge in [-0.3, -0.25) is 0 Å². The molecule has 0 amide bonds. The van der Waals surface area contributed by atoms with Gasteiger partial charge >= 0.3 is 0 Å². The summed E-state index contributed by atoms with van der Waals surface area (Å²) in [6, 6.07) is 28.8. The molecule has 4 rings (SSSR count). The lowest BCUT2D eigenvalue weighted by atomic mass is 9.84. The highest BCUT2D eigenvalue weighted by Gasteiger charge is 2.39. The summed E-state index contributed by atoms with van der Waals surface area (Å²) in [6.07, 6.45) is 3.72. The molecule has 0 aliphatic heterocycles. The first-order valence-corrected chi connectivity index (χ1v) is 8.96. The van der Waals surface area contributed by atoms with E-state index in [4.69, 9.17) is 11.6 Å². The minimum absolute atomic E-state index is 0.800. The molecule has 0 saturated heterocycles. The van der Waals surface area contributed by atoms with Gasteiger partial charge in [0.2, 0.25) is 0 Å². The number of aromatic nitrogens is 2. The predicted octanol–water partition coefficient (Wildman–Crippen LogP) is 5.62. The Hall–Kier alpha value is -2.84. The van der Waals surface area contributed by atoms with E-state index in [-0.39, 0.29) is 0 Å². The average molecular weight is 359 g/mol. The fraction of sp³-hybridized carbons (Fsp3) is 0.0870. The molecule has 3 heteroatoms. The number of halogens is 1. The third-order valence-corrected chi connectivity index (χ3v) is 5.27. The quantitative estimate of drug-likeness (QED) is 0.433. The van der Waals surface area contributed by atoms with Crippen LogP contribution in [-0.2, 0) is 11.9 Å². The van der Waals surface area contributed by atoms with E-state index in [2.05, 4.69) is 41.4 Å². The number of hydrogen-bond donors (Lipinski definition) is 0. The zero-order valence-electron chi connectivity index (χ0n) is 14.5. The molecule has 0 fully saturated rings. The molecule has 0 N–H and O–H groups in total. The van der Waals surface area contributed by atoms with E-state index in [1.807, 2.05) is 66.3 Å². The van der Waals surface area contributed by atoms with Gasteiger partial charge in [0.1, 0.15) is 5.82 Å². The highest BCUT2D eigenvalue weighted by atomic mass is 35.5. The van der Waals surface area contributed by atoms with Crippen molar-refractivity contribution in [2.45, 2.75) is 4.87 Å². The zero-order valence-corrected chi connectivity index (χ0v) is 15.3. The molecule has 0 saturated carbocycles. The fourth-order valence-corrected chi connectivity index (χ4v) is 3.90. The number of imidazole rings is 1. The Balaban J connectivity index is 2.03. The molecule has 1 heterocycles. The molecule has 1 unspecified atom stereocenters. The maximum atomic E-state index is 7.43. The van der Waals surface area contributed by atoms with Crippen molar-refractivity contribution in [2.24, 2.45) is 7.05 Å². The standard InChI is InChI=1S/C23H19ClN2/c1-26-17-16-25-22(26)23(24,19-12-6-3-7-13-19)21-15-9-8-14-20(21)18-10-4-2-5-11-18/h2-17H,1H3. The predicted molar refractivity (Wildman–Crippen MR) is 107 cm³/mol. The molecule has 0 radical (unpaired) electrons. The summed E-state index contributed by atoms with van der Waals surface area (Å²) in [5.74, 6) is 0.800. The molecule has 3 aromatic carbocycles. The first-order chi connectivity index (χ1) is 12.7. The number of rotatable bonds is 4. The monoisotopic (exact) mass is 358 g/mol. The zero-order chi connectivity index (χ0) is 18.0. The van der Waals surface area contributed by atoms with E-state index in [1.165, 1.54) is 0 Å². The summed E-state index contributed by atoms with van der Waals surface area (Å²) in [4.78, 5) is 3.72. The van der Waals surface area contributed by atoms with Gasteiger partial charge in [-0.25, -0.2) is 4.98 Å². The van der Waals surface area contributed by atoms with Crippen LogP contribution in [-0.4, -0.2) is 9.55 Å². The van der Waals surface area contributed by atoms with Crippen molar-refractivity contribution in [3.8, 4) is 11.1 Å². The lowest BCUT2D eigenvalue weighted by molar-refractivity contribution is 0.717. The highest BCUT2D eigenvalue weighted by molar-refractivity contribution is 6.28. The molecule has 0 bridgehead atoms. The molecule has 0 spiro atoms. The van der Waals surface area contributed by atoms with Crippen LogP contribution in [0, 0.1) is 0 Å². The Morgan fingerprint density at radius 1 is 0.808 bits per heavy atom. The number of aryl methyl sites for hydroxylation is 1. The van der Waals surface area contributed by atoms with Gasteiger partial charge in [-0.2, -0.15) is 0 Å². The van der Waals surface area contributed by atoms with E-state index in [1.54, 1.807) is 6.20 Å². The van der Waals surface area contributed by atoms with Crippen molar-refractivity contribution in [3.63, 3.8) is 0 Å². The molecule has 0 aliphatic carbocycles. The van der Waals surface area contributed by atoms with Crippen LogP contribution >= 0.6 is 11.6 Å². The van der Waals surface area contributed by atoms with Gasteiger partial charge in [0.15, 0.2) is 4.87 Å². The van der Waals surface area contributed by atoms with Crippen LogP contribution in [0.5, 0.6) is 0 Å². The van der Waals surface area contributed by atoms with Crippen LogP contribution in [0.1, 0.15) is 17.0 Å². The largest absolute Gasteiger partial charge is 0.336 e. The Labute approximate surface area is 158 Å². The van der Waals surface area contributed by atoms with Crippen LogP contribution in [0.2, 0.25) is 0 Å². The second-order valence-corrected chi connectivity index (χ2v) is 6.86. The normalized spacial score (nSPS) is 13.3. The molecule has 4 aromatic rings. The van der Waals surface area contributed by atoms with Crippen molar-refractivity contribution in [1.29, 1.82) is 0 Å². The van der Waals surface area contributed by atoms with E-state index in [0.29, 0.717) is 0 Å². The average Bonchev–Trinajstić information content (AvgIpc) is 3.15. The summed E-state index contributed by atoms with van der Waals surface area (Å²) >= 11 is 7.43. The summed E-state index contributed by atoms with van der Waals surface area (Å²) < 4.78 is 1.99. The van der Waals surface area contributed by atoms with Crippen molar-refractivity contribution < 1.29 is 0 Å². The van der Waals surface area contributed by atoms with Crippen molar-refractivity contribution in [3.05, 3.63) is 114 Å². The topological polar surface area (TPSA) is 17.8 Å². The van der Waals surface area contributed by atoms with Crippen molar-refractivity contribution in [2.75, 3.05) is 0 Å². The fourth-order valence-electron chi connectivity index (χ4n) is 3.42. The highest BCUT2D eigenvalue weighted by Crippen LogP contribution is 2.45. The summed E-state index contributed by atoms with van der Waals surface area (Å²) in [5.41, 5.74) is 4.26. The van der Waals surface area contributed by atoms with E-state index >= 15 is 0 Å². The Kier molecular flexibility index (Phi) is 4.36. The molecule has 128 valence electrons. The Morgan fingerprint density at radius 3 is 2.08 bits per heavy atom. The molecule has 26 heavy (non-hydrogen) atoms. The maximum absolute atomic E-state index is 7.43. The Bertz CT molecular complexity index is 1010. The van der Waals surface area contributed by atoms with Gasteiger partial charge in [-0.15, -0.1) is 11.6 Å². The van der Waals surface area contributed by atoms with E-state index in [9.17, 15) is 0 Å². The molecule has 1 aromatic heterocycles. The Morgan fingerprint density at radius 2 is 1.42 bits per heavy atom. The minimum Gasteiger partial charge on any atom is -0.336 e. The second-order valence-electron chi connectivity index (χ2n) is 6.30. The van der Waals surface area contributed by atoms with Crippen molar-refractivity contribution >= 4 is 11.6 Å². The van der Waals surface area contributed by atoms with Gasteiger partial charge in [-0.05, 0) is 22.3 Å². The molecule has 2 nitrogen and oxygen atoms in total. The number of hydrogen-bond acceptors (Lipinski definition) is 1. The lowest BCUT2D eigenvalue weighted by Gasteiger charge is -2.30. The molecule has 1 atom stereocenters. The van der Waals surface area contributed by atoms with Crippen LogP contribution in [0.25, 0.3) is 11.1 Å². The van der Waals surface area contributed by atoms with Gasteiger partial charge in [0.25, 0.3) is 0 Å². The van der Waals surface area contributed by atoms with Crippen molar-refractivity contribution in [1.82, 2.24) is 9.55 Å². The first kappa shape index (κ1) is 16.6. The SMILES string of the molecule is Cn1ccnc1C(Cl)(c1ccccc1)c1ccccc1-c1ccccc1. The third kappa shape index (κ3) is 2.73. The van der Waals surface area contributed by atoms with E-state index < -0.39 is 4.87 Å². The van der Waals surface area contributed by atoms with E-state index in [0.717, 1.165) is 28.1 Å². The van der Waals surface area contributed by atoms with Gasteiger partial charge in [-0.1, -0.05) is 84.9 Å². The smallest absolute Gasteiger partial charge is 0.153 e. The van der Waals surface area contributed by atoms with Gasteiger partial charge < -0.3 is 4.57 Å². The lowest BCUT2D eigenvalue weighted by Crippen LogP contribution is -2.27. The summed E-state index contributed by atoms with van der Waals surface area (Å²) in [5, 5.41) is 0. The summed E-state index contributed by atoms with van der Waals surface area (Å²) in [7, 11) is 1.98. The maximum Gasteiger partial charge on any atom is 0.153 e. The summed E-state index contributed by atoms with van der Waals surface area (Å²) in [6.45, 7) is 0. The van der Waals surface area contributed by atoms with Crippen LogP contribution in [0.3, 0.4) is 0 Å². The van der Waals surface area contributed by atoms with Gasteiger partial charge in [0, 0.05) is 19.4 Å². The molecular weight excluding hydrogens is 340 g/mol. The third-order valence-electron chi connectivity index (χ3n) is 4.68.